The van der Waals surface area contributed by atoms with Crippen LogP contribution in [0.5, 0.6) is 5.75 Å². The summed E-state index contributed by atoms with van der Waals surface area (Å²) in [5.41, 5.74) is 2.05. The molecule has 5 nitrogen and oxygen atoms in total. The largest absolute Gasteiger partial charge is 0.489 e. The van der Waals surface area contributed by atoms with Gasteiger partial charge in [0.2, 0.25) is 0 Å². The summed E-state index contributed by atoms with van der Waals surface area (Å²) in [6.07, 6.45) is 3.88. The molecule has 1 atom stereocenters. The predicted octanol–water partition coefficient (Wildman–Crippen LogP) is 4.61. The second-order valence-corrected chi connectivity index (χ2v) is 7.97. The first-order valence-corrected chi connectivity index (χ1v) is 10.5. The highest BCUT2D eigenvalue weighted by Crippen LogP contribution is 2.29. The first kappa shape index (κ1) is 19.2. The highest BCUT2D eigenvalue weighted by molar-refractivity contribution is 7.09. The van der Waals surface area contributed by atoms with Crippen LogP contribution in [0.15, 0.2) is 60.1 Å². The Hall–Kier alpha value is -3.17. The van der Waals surface area contributed by atoms with Crippen LogP contribution < -0.4 is 4.74 Å². The third kappa shape index (κ3) is 4.47. The number of thiazole rings is 1. The van der Waals surface area contributed by atoms with Crippen molar-refractivity contribution in [3.63, 3.8) is 0 Å². The van der Waals surface area contributed by atoms with Crippen molar-refractivity contribution in [2.24, 2.45) is 0 Å². The topological polar surface area (TPSA) is 66.2 Å². The molecule has 146 valence electrons. The molecule has 4 rings (SSSR count). The van der Waals surface area contributed by atoms with Crippen LogP contribution in [0.4, 0.5) is 0 Å². The average molecular weight is 404 g/mol. The van der Waals surface area contributed by atoms with E-state index in [0.29, 0.717) is 29.3 Å². The van der Waals surface area contributed by atoms with E-state index >= 15 is 0 Å². The molecule has 1 fully saturated rings. The van der Waals surface area contributed by atoms with Gasteiger partial charge in [-0.1, -0.05) is 24.3 Å². The highest BCUT2D eigenvalue weighted by atomic mass is 32.1. The maximum Gasteiger partial charge on any atom is 0.254 e. The fourth-order valence-electron chi connectivity index (χ4n) is 3.62. The molecule has 1 saturated heterocycles. The molecule has 2 heterocycles. The van der Waals surface area contributed by atoms with Gasteiger partial charge in [-0.05, 0) is 37.1 Å². The maximum atomic E-state index is 13.1. The third-order valence-electron chi connectivity index (χ3n) is 5.12. The van der Waals surface area contributed by atoms with Gasteiger partial charge < -0.3 is 9.64 Å². The van der Waals surface area contributed by atoms with Crippen molar-refractivity contribution in [1.29, 1.82) is 5.26 Å². The number of carbonyl (C=O) groups excluding carboxylic acids is 1. The smallest absolute Gasteiger partial charge is 0.254 e. The number of ether oxygens (including phenoxy) is 1. The minimum absolute atomic E-state index is 0.0223. The maximum absolute atomic E-state index is 13.1. The van der Waals surface area contributed by atoms with E-state index in [1.807, 2.05) is 52.9 Å². The van der Waals surface area contributed by atoms with Crippen molar-refractivity contribution in [3.8, 4) is 11.8 Å². The fraction of sp³-hybridized carbons (Fsp3) is 0.261. The van der Waals surface area contributed by atoms with E-state index in [-0.39, 0.29) is 12.5 Å². The van der Waals surface area contributed by atoms with E-state index < -0.39 is 0 Å². The third-order valence-corrected chi connectivity index (χ3v) is 6.06. The molecule has 29 heavy (non-hydrogen) atoms. The summed E-state index contributed by atoms with van der Waals surface area (Å²) < 4.78 is 5.86. The second kappa shape index (κ2) is 8.89. The zero-order chi connectivity index (χ0) is 20.1. The molecular formula is C23H21N3O2S. The van der Waals surface area contributed by atoms with Crippen molar-refractivity contribution in [3.05, 3.63) is 81.8 Å². The summed E-state index contributed by atoms with van der Waals surface area (Å²) >= 11 is 1.66. The SMILES string of the molecule is N#Cc1ccccc1COc1cccc(C(=O)N2CCCC(c3nccs3)C2)c1. The monoisotopic (exact) mass is 403 g/mol. The Labute approximate surface area is 174 Å². The van der Waals surface area contributed by atoms with E-state index in [1.165, 1.54) is 0 Å². The molecule has 0 bridgehead atoms. The Kier molecular flexibility index (Phi) is 5.87. The number of nitrogens with zero attached hydrogens (tertiary/aromatic N) is 3. The molecule has 0 spiro atoms. The molecule has 2 aromatic carbocycles. The van der Waals surface area contributed by atoms with Crippen LogP contribution in [0.3, 0.4) is 0 Å². The van der Waals surface area contributed by atoms with Crippen LogP contribution >= 0.6 is 11.3 Å². The second-order valence-electron chi connectivity index (χ2n) is 7.05. The first-order valence-electron chi connectivity index (χ1n) is 9.64. The molecular weight excluding hydrogens is 382 g/mol. The van der Waals surface area contributed by atoms with Gasteiger partial charge in [-0.3, -0.25) is 4.79 Å². The van der Waals surface area contributed by atoms with Gasteiger partial charge in [0.25, 0.3) is 5.91 Å². The lowest BCUT2D eigenvalue weighted by Gasteiger charge is -2.32. The van der Waals surface area contributed by atoms with E-state index in [9.17, 15) is 10.1 Å². The molecule has 1 aromatic heterocycles. The molecule has 1 aliphatic heterocycles. The number of hydrogen-bond acceptors (Lipinski definition) is 5. The number of piperidine rings is 1. The van der Waals surface area contributed by atoms with Crippen molar-refractivity contribution in [2.45, 2.75) is 25.4 Å². The lowest BCUT2D eigenvalue weighted by Crippen LogP contribution is -2.39. The molecule has 0 aliphatic carbocycles. The summed E-state index contributed by atoms with van der Waals surface area (Å²) in [5, 5.41) is 12.3. The van der Waals surface area contributed by atoms with E-state index in [4.69, 9.17) is 4.74 Å². The summed E-state index contributed by atoms with van der Waals surface area (Å²) in [6.45, 7) is 1.76. The van der Waals surface area contributed by atoms with Crippen molar-refractivity contribution < 1.29 is 9.53 Å². The van der Waals surface area contributed by atoms with Crippen LogP contribution in [0, 0.1) is 11.3 Å². The summed E-state index contributed by atoms with van der Waals surface area (Å²) in [6, 6.07) is 16.8. The minimum Gasteiger partial charge on any atom is -0.489 e. The summed E-state index contributed by atoms with van der Waals surface area (Å²) in [4.78, 5) is 19.4. The van der Waals surface area contributed by atoms with Gasteiger partial charge in [0, 0.05) is 41.7 Å². The Morgan fingerprint density at radius 3 is 3.00 bits per heavy atom. The van der Waals surface area contributed by atoms with Gasteiger partial charge in [-0.2, -0.15) is 5.26 Å². The van der Waals surface area contributed by atoms with Crippen LogP contribution in [0.2, 0.25) is 0 Å². The number of benzene rings is 2. The summed E-state index contributed by atoms with van der Waals surface area (Å²) in [5.74, 6) is 0.959. The van der Waals surface area contributed by atoms with Gasteiger partial charge in [0.1, 0.15) is 12.4 Å². The summed E-state index contributed by atoms with van der Waals surface area (Å²) in [7, 11) is 0. The molecule has 0 N–H and O–H groups in total. The standard InChI is InChI=1S/C23H21N3O2S/c24-14-18-5-1-2-6-20(18)16-28-21-9-3-7-17(13-21)23(27)26-11-4-8-19(15-26)22-25-10-12-29-22/h1-3,5-7,9-10,12-13,19H,4,8,11,15-16H2. The zero-order valence-corrected chi connectivity index (χ0v) is 16.8. The lowest BCUT2D eigenvalue weighted by atomic mass is 9.98. The predicted molar refractivity (Wildman–Crippen MR) is 112 cm³/mol. The lowest BCUT2D eigenvalue weighted by molar-refractivity contribution is 0.0706. The zero-order valence-electron chi connectivity index (χ0n) is 16.0. The number of hydrogen-bond donors (Lipinski definition) is 0. The number of amides is 1. The number of aromatic nitrogens is 1. The highest BCUT2D eigenvalue weighted by Gasteiger charge is 2.27. The van der Waals surface area contributed by atoms with Crippen molar-refractivity contribution >= 4 is 17.2 Å². The Morgan fingerprint density at radius 1 is 1.28 bits per heavy atom. The van der Waals surface area contributed by atoms with E-state index in [1.54, 1.807) is 23.5 Å². The van der Waals surface area contributed by atoms with Crippen LogP contribution in [0.1, 0.15) is 45.3 Å². The number of nitriles is 1. The first-order chi connectivity index (χ1) is 14.2. The van der Waals surface area contributed by atoms with Crippen LogP contribution in [-0.4, -0.2) is 28.9 Å². The van der Waals surface area contributed by atoms with E-state index in [2.05, 4.69) is 11.1 Å². The van der Waals surface area contributed by atoms with Crippen molar-refractivity contribution in [2.75, 3.05) is 13.1 Å². The number of rotatable bonds is 5. The van der Waals surface area contributed by atoms with Crippen LogP contribution in [0.25, 0.3) is 0 Å². The van der Waals surface area contributed by atoms with Gasteiger partial charge in [0.15, 0.2) is 0 Å². The van der Waals surface area contributed by atoms with Gasteiger partial charge in [0.05, 0.1) is 16.6 Å². The van der Waals surface area contributed by atoms with Gasteiger partial charge in [-0.15, -0.1) is 11.3 Å². The molecule has 0 saturated carbocycles. The van der Waals surface area contributed by atoms with Crippen molar-refractivity contribution in [1.82, 2.24) is 9.88 Å². The molecule has 6 heteroatoms. The quantitative estimate of drug-likeness (QED) is 0.624. The number of likely N-dealkylation sites (tertiary alicyclic amines) is 1. The molecule has 0 radical (unpaired) electrons. The molecule has 1 unspecified atom stereocenters. The Bertz CT molecular complexity index is 1030. The fourth-order valence-corrected chi connectivity index (χ4v) is 4.38. The van der Waals surface area contributed by atoms with Gasteiger partial charge in [-0.25, -0.2) is 4.98 Å². The molecule has 3 aromatic rings. The normalized spacial score (nSPS) is 16.2. The van der Waals surface area contributed by atoms with E-state index in [0.717, 1.165) is 30.0 Å². The molecule has 1 aliphatic rings. The Morgan fingerprint density at radius 2 is 2.17 bits per heavy atom. The number of carbonyl (C=O) groups is 1. The average Bonchev–Trinajstić information content (AvgIpc) is 3.33. The van der Waals surface area contributed by atoms with Gasteiger partial charge >= 0.3 is 0 Å². The molecule has 1 amide bonds. The minimum atomic E-state index is 0.0223. The Balaban J connectivity index is 1.44. The van der Waals surface area contributed by atoms with Crippen LogP contribution in [-0.2, 0) is 6.61 Å².